The summed E-state index contributed by atoms with van der Waals surface area (Å²) in [6.45, 7) is 4.02. The molecule has 7 nitrogen and oxygen atoms in total. The highest BCUT2D eigenvalue weighted by molar-refractivity contribution is 7.15. The Kier molecular flexibility index (Phi) is 7.10. The second-order valence-corrected chi connectivity index (χ2v) is 8.66. The van der Waals surface area contributed by atoms with Gasteiger partial charge in [-0.15, -0.1) is 11.3 Å². The van der Waals surface area contributed by atoms with Gasteiger partial charge >= 0.3 is 6.03 Å². The van der Waals surface area contributed by atoms with Gasteiger partial charge in [0, 0.05) is 18.0 Å². The van der Waals surface area contributed by atoms with Crippen LogP contribution >= 0.6 is 11.3 Å². The first-order chi connectivity index (χ1) is 14.8. The van der Waals surface area contributed by atoms with Crippen molar-refractivity contribution in [2.24, 2.45) is 0 Å². The van der Waals surface area contributed by atoms with Gasteiger partial charge in [-0.2, -0.15) is 4.98 Å². The number of hydrogen-bond acceptors (Lipinski definition) is 6. The Bertz CT molecular complexity index is 932. The predicted molar refractivity (Wildman–Crippen MR) is 117 cm³/mol. The van der Waals surface area contributed by atoms with E-state index in [0.29, 0.717) is 18.3 Å². The van der Waals surface area contributed by atoms with Gasteiger partial charge in [-0.3, -0.25) is 4.90 Å². The van der Waals surface area contributed by atoms with Gasteiger partial charge in [-0.05, 0) is 43.6 Å². The van der Waals surface area contributed by atoms with Crippen molar-refractivity contribution in [2.45, 2.75) is 45.3 Å². The number of nitrogens with zero attached hydrogens (tertiary/aromatic N) is 3. The molecule has 2 N–H and O–H groups in total. The van der Waals surface area contributed by atoms with Crippen LogP contribution in [0.1, 0.15) is 41.9 Å². The molecule has 0 saturated carbocycles. The zero-order chi connectivity index (χ0) is 20.6. The first-order valence-electron chi connectivity index (χ1n) is 10.5. The summed E-state index contributed by atoms with van der Waals surface area (Å²) in [5, 5.41) is 9.56. The lowest BCUT2D eigenvalue weighted by Crippen LogP contribution is -2.34. The minimum absolute atomic E-state index is 0.218. The largest absolute Gasteiger partial charge is 0.334 e. The summed E-state index contributed by atoms with van der Waals surface area (Å²) < 4.78 is 5.40. The third-order valence-corrected chi connectivity index (χ3v) is 6.18. The summed E-state index contributed by atoms with van der Waals surface area (Å²) in [6.07, 6.45) is 5.26. The molecule has 4 rings (SSSR count). The second-order valence-electron chi connectivity index (χ2n) is 7.49. The highest BCUT2D eigenvalue weighted by Crippen LogP contribution is 2.28. The molecule has 30 heavy (non-hydrogen) atoms. The van der Waals surface area contributed by atoms with Gasteiger partial charge in [0.1, 0.15) is 0 Å². The quantitative estimate of drug-likeness (QED) is 0.593. The molecular formula is C22H27N5O2S. The van der Waals surface area contributed by atoms with E-state index in [9.17, 15) is 4.79 Å². The van der Waals surface area contributed by atoms with E-state index in [0.717, 1.165) is 17.0 Å². The molecule has 0 radical (unpaired) electrons. The zero-order valence-electron chi connectivity index (χ0n) is 17.0. The first kappa shape index (κ1) is 20.6. The van der Waals surface area contributed by atoms with E-state index in [2.05, 4.69) is 31.7 Å². The molecular weight excluding hydrogens is 398 g/mol. The van der Waals surface area contributed by atoms with Crippen LogP contribution in [0.5, 0.6) is 0 Å². The van der Waals surface area contributed by atoms with Crippen LogP contribution < -0.4 is 10.6 Å². The Morgan fingerprint density at radius 2 is 1.77 bits per heavy atom. The van der Waals surface area contributed by atoms with Gasteiger partial charge in [-0.25, -0.2) is 4.79 Å². The van der Waals surface area contributed by atoms with Crippen molar-refractivity contribution in [1.29, 1.82) is 0 Å². The third-order valence-electron chi connectivity index (χ3n) is 5.12. The molecule has 1 saturated heterocycles. The molecule has 3 aromatic rings. The van der Waals surface area contributed by atoms with E-state index >= 15 is 0 Å². The van der Waals surface area contributed by atoms with Crippen molar-refractivity contribution < 1.29 is 9.32 Å². The fourth-order valence-corrected chi connectivity index (χ4v) is 4.49. The van der Waals surface area contributed by atoms with E-state index in [1.165, 1.54) is 43.6 Å². The first-order valence-corrected chi connectivity index (χ1v) is 11.3. The average Bonchev–Trinajstić information content (AvgIpc) is 3.36. The smallest absolute Gasteiger partial charge is 0.315 e. The summed E-state index contributed by atoms with van der Waals surface area (Å²) in [6, 6.07) is 13.7. The maximum atomic E-state index is 12.0. The van der Waals surface area contributed by atoms with E-state index < -0.39 is 0 Å². The maximum absolute atomic E-state index is 12.0. The number of amides is 2. The number of benzene rings is 1. The minimum atomic E-state index is -0.263. The van der Waals surface area contributed by atoms with Crippen molar-refractivity contribution in [3.63, 3.8) is 0 Å². The molecule has 1 aromatic carbocycles. The number of rotatable bonds is 7. The third kappa shape index (κ3) is 5.90. The number of nitrogens with one attached hydrogen (secondary N) is 2. The molecule has 3 heterocycles. The number of thiophene rings is 1. The lowest BCUT2D eigenvalue weighted by molar-refractivity contribution is 0.239. The zero-order valence-corrected chi connectivity index (χ0v) is 17.8. The lowest BCUT2D eigenvalue weighted by Gasteiger charge is -2.18. The Morgan fingerprint density at radius 3 is 2.57 bits per heavy atom. The molecule has 1 aliphatic heterocycles. The van der Waals surface area contributed by atoms with E-state index in [1.54, 1.807) is 11.3 Å². The van der Waals surface area contributed by atoms with Gasteiger partial charge in [0.2, 0.25) is 0 Å². The molecule has 0 bridgehead atoms. The van der Waals surface area contributed by atoms with E-state index in [1.807, 2.05) is 36.4 Å². The molecule has 1 aliphatic rings. The molecule has 0 spiro atoms. The predicted octanol–water partition coefficient (Wildman–Crippen LogP) is 4.17. The number of carbonyl (C=O) groups excluding carboxylic acids is 1. The second kappa shape index (κ2) is 10.4. The average molecular weight is 426 g/mol. The van der Waals surface area contributed by atoms with Crippen molar-refractivity contribution in [3.8, 4) is 10.8 Å². The van der Waals surface area contributed by atoms with E-state index in [4.69, 9.17) is 4.52 Å². The topological polar surface area (TPSA) is 83.3 Å². The number of carbonyl (C=O) groups is 1. The number of hydrogen-bond donors (Lipinski definition) is 2. The highest BCUT2D eigenvalue weighted by atomic mass is 32.1. The Balaban J connectivity index is 1.25. The molecule has 0 aliphatic carbocycles. The highest BCUT2D eigenvalue weighted by Gasteiger charge is 2.15. The van der Waals surface area contributed by atoms with Crippen LogP contribution in [0.3, 0.4) is 0 Å². The van der Waals surface area contributed by atoms with Crippen molar-refractivity contribution in [3.05, 3.63) is 58.7 Å². The summed E-state index contributed by atoms with van der Waals surface area (Å²) in [5.41, 5.74) is 1.04. The van der Waals surface area contributed by atoms with Gasteiger partial charge in [0.05, 0.1) is 11.4 Å². The summed E-state index contributed by atoms with van der Waals surface area (Å²) in [7, 11) is 0. The van der Waals surface area contributed by atoms with Crippen molar-refractivity contribution >= 4 is 17.4 Å². The Hall–Kier alpha value is -2.71. The number of urea groups is 1. The number of aromatic nitrogens is 2. The molecule has 0 atom stereocenters. The van der Waals surface area contributed by atoms with E-state index in [-0.39, 0.29) is 12.6 Å². The fraction of sp³-hybridized carbons (Fsp3) is 0.409. The number of likely N-dealkylation sites (tertiary alicyclic amines) is 1. The monoisotopic (exact) mass is 425 g/mol. The van der Waals surface area contributed by atoms with Gasteiger partial charge < -0.3 is 15.2 Å². The summed E-state index contributed by atoms with van der Waals surface area (Å²) >= 11 is 1.69. The van der Waals surface area contributed by atoms with Crippen LogP contribution in [0.25, 0.3) is 10.8 Å². The van der Waals surface area contributed by atoms with Crippen LogP contribution in [-0.2, 0) is 19.6 Å². The van der Waals surface area contributed by atoms with Gasteiger partial charge in [-0.1, -0.05) is 48.3 Å². The molecule has 8 heteroatoms. The van der Waals surface area contributed by atoms with Crippen molar-refractivity contribution in [1.82, 2.24) is 25.7 Å². The van der Waals surface area contributed by atoms with Crippen LogP contribution in [0.15, 0.2) is 47.0 Å². The van der Waals surface area contributed by atoms with Crippen molar-refractivity contribution in [2.75, 3.05) is 13.1 Å². The minimum Gasteiger partial charge on any atom is -0.334 e. The molecule has 2 aromatic heterocycles. The SMILES string of the molecule is O=C(NCc1ccccc1)NCc1noc(-c2ccc(CN3CCCCCC3)s2)n1. The Morgan fingerprint density at radius 1 is 1.00 bits per heavy atom. The summed E-state index contributed by atoms with van der Waals surface area (Å²) in [4.78, 5) is 21.2. The van der Waals surface area contributed by atoms with Crippen LogP contribution in [0.2, 0.25) is 0 Å². The van der Waals surface area contributed by atoms with Gasteiger partial charge in [0.25, 0.3) is 5.89 Å². The van der Waals surface area contributed by atoms with Crippen LogP contribution in [-0.4, -0.2) is 34.2 Å². The Labute approximate surface area is 180 Å². The molecule has 0 unspecified atom stereocenters. The fourth-order valence-electron chi connectivity index (χ4n) is 3.52. The van der Waals surface area contributed by atoms with Crippen LogP contribution in [0.4, 0.5) is 4.79 Å². The molecule has 158 valence electrons. The maximum Gasteiger partial charge on any atom is 0.315 e. The van der Waals surface area contributed by atoms with Crippen LogP contribution in [0, 0.1) is 0 Å². The molecule has 2 amide bonds. The van der Waals surface area contributed by atoms with Gasteiger partial charge in [0.15, 0.2) is 5.82 Å². The molecule has 1 fully saturated rings. The summed E-state index contributed by atoms with van der Waals surface area (Å²) in [5.74, 6) is 0.964. The lowest BCUT2D eigenvalue weighted by atomic mass is 10.2. The normalized spacial score (nSPS) is 14.9. The standard InChI is InChI=1S/C22H27N5O2S/c28-22(23-14-17-8-4-3-5-9-17)24-15-20-25-21(29-26-20)19-11-10-18(30-19)16-27-12-6-1-2-7-13-27/h3-5,8-11H,1-2,6-7,12-16H2,(H2,23,24,28).